The highest BCUT2D eigenvalue weighted by molar-refractivity contribution is 7.86. The van der Waals surface area contributed by atoms with E-state index >= 15 is 0 Å². The predicted molar refractivity (Wildman–Crippen MR) is 138 cm³/mol. The fraction of sp³-hybridized carbons (Fsp3) is 0.286. The Morgan fingerprint density at radius 3 is 1.89 bits per heavy atom. The quantitative estimate of drug-likeness (QED) is 0.351. The van der Waals surface area contributed by atoms with Crippen molar-refractivity contribution in [2.75, 3.05) is 28.4 Å². The predicted octanol–water partition coefficient (Wildman–Crippen LogP) is 5.51. The minimum absolute atomic E-state index is 0.121. The van der Waals surface area contributed by atoms with Gasteiger partial charge in [-0.3, -0.25) is 4.18 Å². The molecule has 0 aliphatic heterocycles. The van der Waals surface area contributed by atoms with Crippen LogP contribution in [0.25, 0.3) is 11.1 Å². The highest BCUT2D eigenvalue weighted by atomic mass is 32.2. The smallest absolute Gasteiger partial charge is 0.297 e. The van der Waals surface area contributed by atoms with Gasteiger partial charge in [-0.05, 0) is 78.4 Å². The van der Waals surface area contributed by atoms with E-state index in [1.165, 1.54) is 7.11 Å². The van der Waals surface area contributed by atoms with Gasteiger partial charge in [-0.2, -0.15) is 8.42 Å². The number of benzene rings is 3. The number of hydrogen-bond acceptors (Lipinski definition) is 7. The summed E-state index contributed by atoms with van der Waals surface area (Å²) >= 11 is 0. The van der Waals surface area contributed by atoms with Crippen molar-refractivity contribution < 1.29 is 31.5 Å². The molecule has 0 amide bonds. The lowest BCUT2D eigenvalue weighted by molar-refractivity contribution is 0.262. The van der Waals surface area contributed by atoms with E-state index in [0.29, 0.717) is 30.1 Å². The molecule has 0 radical (unpaired) electrons. The van der Waals surface area contributed by atoms with E-state index in [1.807, 2.05) is 43.3 Å². The summed E-state index contributed by atoms with van der Waals surface area (Å²) in [5.74, 6) is 2.14. The molecule has 3 aromatic rings. The molecule has 190 valence electrons. The maximum atomic E-state index is 13.2. The second-order valence-corrected chi connectivity index (χ2v) is 10.00. The van der Waals surface area contributed by atoms with Crippen molar-refractivity contribution in [3.63, 3.8) is 0 Å². The fourth-order valence-corrected chi connectivity index (χ4v) is 5.53. The number of aryl methyl sites for hydroxylation is 1. The molecule has 1 aliphatic carbocycles. The zero-order valence-corrected chi connectivity index (χ0v) is 21.8. The average Bonchev–Trinajstić information content (AvgIpc) is 3.30. The first-order valence-electron chi connectivity index (χ1n) is 11.5. The summed E-state index contributed by atoms with van der Waals surface area (Å²) in [4.78, 5) is 0.121. The zero-order chi connectivity index (χ0) is 25.9. The van der Waals surface area contributed by atoms with Crippen LogP contribution in [0.1, 0.15) is 29.5 Å². The summed E-state index contributed by atoms with van der Waals surface area (Å²) in [5, 5.41) is 0. The fourth-order valence-electron chi connectivity index (χ4n) is 4.45. The lowest BCUT2D eigenvalue weighted by atomic mass is 9.95. The van der Waals surface area contributed by atoms with Crippen LogP contribution >= 0.6 is 0 Å². The van der Waals surface area contributed by atoms with Crippen LogP contribution in [0, 0.1) is 6.92 Å². The Kier molecular flexibility index (Phi) is 7.56. The molecule has 0 bridgehead atoms. The van der Waals surface area contributed by atoms with Crippen LogP contribution in [0.2, 0.25) is 0 Å². The first-order valence-corrected chi connectivity index (χ1v) is 12.9. The van der Waals surface area contributed by atoms with Gasteiger partial charge in [0.05, 0.1) is 33.3 Å². The molecule has 0 saturated carbocycles. The molecule has 1 atom stereocenters. The van der Waals surface area contributed by atoms with Crippen LogP contribution in [-0.2, 0) is 14.3 Å². The second kappa shape index (κ2) is 10.6. The van der Waals surface area contributed by atoms with Gasteiger partial charge in [-0.15, -0.1) is 0 Å². The van der Waals surface area contributed by atoms with Gasteiger partial charge in [0.1, 0.15) is 11.9 Å². The molecule has 7 nitrogen and oxygen atoms in total. The molecule has 0 N–H and O–H groups in total. The molecule has 0 spiro atoms. The molecule has 0 heterocycles. The number of rotatable bonds is 9. The zero-order valence-electron chi connectivity index (χ0n) is 21.0. The van der Waals surface area contributed by atoms with E-state index in [4.69, 9.17) is 23.1 Å². The van der Waals surface area contributed by atoms with Crippen molar-refractivity contribution in [1.82, 2.24) is 0 Å². The van der Waals surface area contributed by atoms with E-state index in [9.17, 15) is 8.42 Å². The van der Waals surface area contributed by atoms with Crippen LogP contribution in [0.4, 0.5) is 0 Å². The number of methoxy groups -OCH3 is 4. The van der Waals surface area contributed by atoms with Crippen LogP contribution < -0.4 is 18.9 Å². The Morgan fingerprint density at radius 1 is 0.750 bits per heavy atom. The van der Waals surface area contributed by atoms with E-state index in [2.05, 4.69) is 0 Å². The molecule has 3 aromatic carbocycles. The van der Waals surface area contributed by atoms with Gasteiger partial charge in [0.2, 0.25) is 5.75 Å². The van der Waals surface area contributed by atoms with Gasteiger partial charge < -0.3 is 18.9 Å². The highest BCUT2D eigenvalue weighted by Crippen LogP contribution is 2.47. The third-order valence-corrected chi connectivity index (χ3v) is 7.61. The first-order chi connectivity index (χ1) is 17.3. The number of allylic oxidation sites excluding steroid dienone is 1. The van der Waals surface area contributed by atoms with Gasteiger partial charge >= 0.3 is 0 Å². The summed E-state index contributed by atoms with van der Waals surface area (Å²) in [5.41, 5.74) is 4.40. The van der Waals surface area contributed by atoms with E-state index < -0.39 is 16.2 Å². The summed E-state index contributed by atoms with van der Waals surface area (Å²) in [6.45, 7) is 1.90. The molecule has 1 unspecified atom stereocenters. The van der Waals surface area contributed by atoms with Gasteiger partial charge in [-0.1, -0.05) is 29.8 Å². The summed E-state index contributed by atoms with van der Waals surface area (Å²) in [6, 6.07) is 18.0. The number of ether oxygens (including phenoxy) is 4. The van der Waals surface area contributed by atoms with Crippen molar-refractivity contribution in [3.8, 4) is 23.0 Å². The van der Waals surface area contributed by atoms with Gasteiger partial charge in [-0.25, -0.2) is 0 Å². The molecular weight excluding hydrogens is 480 g/mol. The lowest BCUT2D eigenvalue weighted by Crippen LogP contribution is -2.18. The van der Waals surface area contributed by atoms with Crippen LogP contribution in [0.3, 0.4) is 0 Å². The average molecular weight is 511 g/mol. The van der Waals surface area contributed by atoms with Crippen molar-refractivity contribution in [2.24, 2.45) is 0 Å². The van der Waals surface area contributed by atoms with E-state index in [-0.39, 0.29) is 4.90 Å². The Labute approximate surface area is 212 Å². The Hall–Kier alpha value is -3.49. The maximum Gasteiger partial charge on any atom is 0.297 e. The van der Waals surface area contributed by atoms with Crippen LogP contribution in [0.5, 0.6) is 23.0 Å². The molecule has 1 aliphatic rings. The van der Waals surface area contributed by atoms with Crippen molar-refractivity contribution >= 4 is 21.3 Å². The highest BCUT2D eigenvalue weighted by Gasteiger charge is 2.34. The molecule has 4 rings (SSSR count). The van der Waals surface area contributed by atoms with Gasteiger partial charge in [0, 0.05) is 0 Å². The SMILES string of the molecule is COc1ccc(C2=C(c3cc(OC)c(OC)c(OC)c3)C(OS(=O)(=O)c3ccc(C)cc3)CC2)cc1. The summed E-state index contributed by atoms with van der Waals surface area (Å²) in [6.07, 6.45) is 0.432. The van der Waals surface area contributed by atoms with E-state index in [0.717, 1.165) is 33.6 Å². The first kappa shape index (κ1) is 25.6. The molecule has 36 heavy (non-hydrogen) atoms. The third-order valence-electron chi connectivity index (χ3n) is 6.27. The van der Waals surface area contributed by atoms with Gasteiger partial charge in [0.25, 0.3) is 10.1 Å². The third kappa shape index (κ3) is 5.05. The van der Waals surface area contributed by atoms with Crippen LogP contribution in [0.15, 0.2) is 65.6 Å². The van der Waals surface area contributed by atoms with Crippen molar-refractivity contribution in [2.45, 2.75) is 30.8 Å². The Bertz CT molecular complexity index is 1330. The Balaban J connectivity index is 1.85. The standard InChI is InChI=1S/C28H30O7S/c1-18-6-12-22(13-7-18)36(29,30)35-24-15-14-23(19-8-10-21(31-2)11-9-19)27(24)20-16-25(32-3)28(34-5)26(17-20)33-4/h6-13,16-17,24H,14-15H2,1-5H3. The normalized spacial score (nSPS) is 15.6. The second-order valence-electron chi connectivity index (χ2n) is 8.43. The summed E-state index contributed by atoms with van der Waals surface area (Å²) in [7, 11) is 2.24. The number of hydrogen-bond donors (Lipinski definition) is 0. The maximum absolute atomic E-state index is 13.2. The molecule has 0 fully saturated rings. The largest absolute Gasteiger partial charge is 0.497 e. The topological polar surface area (TPSA) is 80.3 Å². The lowest BCUT2D eigenvalue weighted by Gasteiger charge is -2.20. The van der Waals surface area contributed by atoms with Crippen LogP contribution in [-0.4, -0.2) is 43.0 Å². The Morgan fingerprint density at radius 2 is 1.36 bits per heavy atom. The summed E-state index contributed by atoms with van der Waals surface area (Å²) < 4.78 is 54.2. The minimum atomic E-state index is -4.00. The monoisotopic (exact) mass is 510 g/mol. The molecule has 0 aromatic heterocycles. The molecule has 0 saturated heterocycles. The van der Waals surface area contributed by atoms with Gasteiger partial charge in [0.15, 0.2) is 11.5 Å². The van der Waals surface area contributed by atoms with E-state index in [1.54, 1.807) is 45.6 Å². The molecule has 8 heteroatoms. The van der Waals surface area contributed by atoms with Crippen molar-refractivity contribution in [1.29, 1.82) is 0 Å². The van der Waals surface area contributed by atoms with Crippen molar-refractivity contribution in [3.05, 3.63) is 77.4 Å². The minimum Gasteiger partial charge on any atom is -0.497 e. The molecular formula is C28H30O7S.